The van der Waals surface area contributed by atoms with Crippen LogP contribution in [0.15, 0.2) is 0 Å². The van der Waals surface area contributed by atoms with Crippen LogP contribution in [0.1, 0.15) is 0 Å². The van der Waals surface area contributed by atoms with Crippen molar-refractivity contribution in [3.05, 3.63) is 0 Å². The Kier molecular flexibility index (Phi) is 29.8. The van der Waals surface area contributed by atoms with Gasteiger partial charge in [-0.2, -0.15) is 0 Å². The molecule has 13 heteroatoms. The van der Waals surface area contributed by atoms with E-state index in [-0.39, 0.29) is 84.7 Å². The zero-order chi connectivity index (χ0) is 9.00. The van der Waals surface area contributed by atoms with Gasteiger partial charge in [-0.15, -0.1) is 0 Å². The first-order valence-corrected chi connectivity index (χ1v) is 5.03. The summed E-state index contributed by atoms with van der Waals surface area (Å²) in [5.74, 6) is 0. The second-order valence-electron chi connectivity index (χ2n) is 1.11. The molecular weight excluding hydrogens is 277 g/mol. The molecule has 0 aliphatic carbocycles. The van der Waals surface area contributed by atoms with Crippen LogP contribution >= 0.6 is 7.82 Å². The SMILES string of the molecule is O=P(O)(O)O.O[Si](O)(O)O.[AlH3].[CaH2].[NaH]. The molecule has 0 saturated carbocycles. The number of rotatable bonds is 0. The van der Waals surface area contributed by atoms with E-state index >= 15 is 0 Å². The molecular formula is H13AlCaNaO8PSi. The van der Waals surface area contributed by atoms with Crippen molar-refractivity contribution in [2.45, 2.75) is 0 Å². The van der Waals surface area contributed by atoms with Crippen LogP contribution in [-0.2, 0) is 4.57 Å². The predicted molar refractivity (Wildman–Crippen MR) is 54.5 cm³/mol. The van der Waals surface area contributed by atoms with Crippen LogP contribution in [0.5, 0.6) is 0 Å². The van der Waals surface area contributed by atoms with E-state index in [0.717, 1.165) is 0 Å². The van der Waals surface area contributed by atoms with Gasteiger partial charge in [0.25, 0.3) is 0 Å². The third kappa shape index (κ3) is 287. The van der Waals surface area contributed by atoms with Crippen LogP contribution in [0, 0.1) is 0 Å². The van der Waals surface area contributed by atoms with Gasteiger partial charge < -0.3 is 33.9 Å². The molecule has 0 bridgehead atoms. The number of hydrogen-bond acceptors (Lipinski definition) is 5. The molecule has 0 aromatic rings. The summed E-state index contributed by atoms with van der Waals surface area (Å²) in [6.07, 6.45) is 0. The predicted octanol–water partition coefficient (Wildman–Crippen LogP) is -6.29. The molecule has 0 radical (unpaired) electrons. The van der Waals surface area contributed by atoms with Crippen molar-refractivity contribution in [2.24, 2.45) is 0 Å². The maximum absolute atomic E-state index is 8.88. The topological polar surface area (TPSA) is 159 Å². The van der Waals surface area contributed by atoms with E-state index in [0.29, 0.717) is 0 Å². The summed E-state index contributed by atoms with van der Waals surface area (Å²) in [5, 5.41) is 0. The Labute approximate surface area is 138 Å². The molecule has 0 saturated heterocycles. The Balaban J connectivity index is -0.0000000267. The van der Waals surface area contributed by atoms with Crippen molar-refractivity contribution in [1.29, 1.82) is 0 Å². The van der Waals surface area contributed by atoms with Crippen LogP contribution < -0.4 is 0 Å². The van der Waals surface area contributed by atoms with Gasteiger partial charge in [-0.05, 0) is 0 Å². The molecule has 0 aromatic carbocycles. The molecule has 13 heavy (non-hydrogen) atoms. The first-order chi connectivity index (χ1) is 4.00. The first kappa shape index (κ1) is 29.7. The Hall–Kier alpha value is 2.96. The number of hydrogen-bond donors (Lipinski definition) is 7. The summed E-state index contributed by atoms with van der Waals surface area (Å²) in [6.45, 7) is 0. The third-order valence-electron chi connectivity index (χ3n) is 0. The first-order valence-electron chi connectivity index (χ1n) is 1.68. The molecule has 0 unspecified atom stereocenters. The molecule has 0 aliphatic heterocycles. The fourth-order valence-corrected chi connectivity index (χ4v) is 0. The molecule has 0 heterocycles. The van der Waals surface area contributed by atoms with Gasteiger partial charge in [-0.1, -0.05) is 0 Å². The van der Waals surface area contributed by atoms with Crippen LogP contribution in [0.2, 0.25) is 0 Å². The normalized spacial score (nSPS) is 9.15. The van der Waals surface area contributed by atoms with E-state index in [1.807, 2.05) is 0 Å². The Morgan fingerprint density at radius 3 is 0.923 bits per heavy atom. The molecule has 0 aromatic heterocycles. The minimum absolute atomic E-state index is 0. The summed E-state index contributed by atoms with van der Waals surface area (Å²) < 4.78 is 8.88. The molecule has 0 aliphatic rings. The molecule has 0 atom stereocenters. The van der Waals surface area contributed by atoms with Gasteiger partial charge in [0.2, 0.25) is 0 Å². The van der Waals surface area contributed by atoms with Crippen molar-refractivity contribution in [1.82, 2.24) is 0 Å². The monoisotopic (exact) mass is 290 g/mol. The van der Waals surface area contributed by atoms with Crippen LogP contribution in [0.3, 0.4) is 0 Å². The molecule has 76 valence electrons. The van der Waals surface area contributed by atoms with Gasteiger partial charge in [-0.3, -0.25) is 0 Å². The van der Waals surface area contributed by atoms with Crippen LogP contribution in [0.25, 0.3) is 0 Å². The third-order valence-corrected chi connectivity index (χ3v) is 0. The minimum atomic E-state index is -4.64. The zero-order valence-corrected chi connectivity index (χ0v) is 6.38. The fourth-order valence-electron chi connectivity index (χ4n) is 0. The molecule has 0 rings (SSSR count). The Bertz CT molecular complexity index is 116. The van der Waals surface area contributed by atoms with Gasteiger partial charge in [0.05, 0.1) is 0 Å². The standard InChI is InChI=1S/Al.Ca.Na.H3O4P.H4O4Si.6H/c;;;2*1-5(2,3)4;;;;;;/h;;;(H3,1,2,3,4);1-4H;;;;;;. The summed E-state index contributed by atoms with van der Waals surface area (Å²) >= 11 is 0. The van der Waals surface area contributed by atoms with Crippen molar-refractivity contribution < 1.29 is 38.4 Å². The fraction of sp³-hybridized carbons (Fsp3) is 0. The summed E-state index contributed by atoms with van der Waals surface area (Å²) in [7, 11) is -9.25. The summed E-state index contributed by atoms with van der Waals surface area (Å²) in [4.78, 5) is 50.9. The maximum atomic E-state index is 8.88. The Morgan fingerprint density at radius 2 is 0.923 bits per heavy atom. The second-order valence-corrected chi connectivity index (χ2v) is 3.34. The molecule has 7 N–H and O–H groups in total. The summed E-state index contributed by atoms with van der Waals surface area (Å²) in [5.41, 5.74) is 0. The van der Waals surface area contributed by atoms with Gasteiger partial charge in [0, 0.05) is 0 Å². The molecule has 0 fully saturated rings. The van der Waals surface area contributed by atoms with Crippen molar-refractivity contribution in [2.75, 3.05) is 0 Å². The van der Waals surface area contributed by atoms with Crippen molar-refractivity contribution >= 4 is 102 Å². The zero-order valence-electron chi connectivity index (χ0n) is 4.49. The van der Waals surface area contributed by atoms with E-state index in [1.54, 1.807) is 0 Å². The molecule has 8 nitrogen and oxygen atoms in total. The average Bonchev–Trinajstić information content (AvgIpc) is 1.12. The van der Waals surface area contributed by atoms with E-state index < -0.39 is 16.9 Å². The average molecular weight is 290 g/mol. The van der Waals surface area contributed by atoms with Crippen molar-refractivity contribution in [3.63, 3.8) is 0 Å². The van der Waals surface area contributed by atoms with Gasteiger partial charge in [0.1, 0.15) is 0 Å². The summed E-state index contributed by atoms with van der Waals surface area (Å²) in [6, 6.07) is 0. The quantitative estimate of drug-likeness (QED) is 0.171. The van der Waals surface area contributed by atoms with Gasteiger partial charge >= 0.3 is 84.2 Å². The molecule has 0 amide bonds. The van der Waals surface area contributed by atoms with Gasteiger partial charge in [-0.25, -0.2) is 4.57 Å². The van der Waals surface area contributed by atoms with Crippen molar-refractivity contribution in [3.8, 4) is 0 Å². The number of phosphoric acid groups is 1. The van der Waals surface area contributed by atoms with E-state index in [4.69, 9.17) is 38.4 Å². The van der Waals surface area contributed by atoms with E-state index in [9.17, 15) is 0 Å². The van der Waals surface area contributed by atoms with Gasteiger partial charge in [0.15, 0.2) is 17.4 Å². The second kappa shape index (κ2) is 13.0. The van der Waals surface area contributed by atoms with E-state index in [2.05, 4.69) is 0 Å². The van der Waals surface area contributed by atoms with Crippen LogP contribution in [0.4, 0.5) is 0 Å². The van der Waals surface area contributed by atoms with E-state index in [1.165, 1.54) is 0 Å². The molecule has 0 spiro atoms. The Morgan fingerprint density at radius 1 is 0.923 bits per heavy atom. The van der Waals surface area contributed by atoms with Crippen LogP contribution in [-0.4, -0.2) is 128 Å².